The van der Waals surface area contributed by atoms with Gasteiger partial charge < -0.3 is 10.4 Å². The average Bonchev–Trinajstić information content (AvgIpc) is 2.32. The highest BCUT2D eigenvalue weighted by Gasteiger charge is 2.26. The summed E-state index contributed by atoms with van der Waals surface area (Å²) in [6.45, 7) is 1.89. The molecule has 2 rings (SSSR count). The minimum absolute atomic E-state index is 0.196. The number of anilines is 1. The monoisotopic (exact) mass is 235 g/mol. The quantitative estimate of drug-likeness (QED) is 0.836. The first-order valence-corrected chi connectivity index (χ1v) is 5.95. The van der Waals surface area contributed by atoms with Crippen LogP contribution in [0.4, 0.5) is 5.82 Å². The van der Waals surface area contributed by atoms with Gasteiger partial charge in [-0.3, -0.25) is 4.79 Å². The van der Waals surface area contributed by atoms with E-state index in [2.05, 4.69) is 15.5 Å². The van der Waals surface area contributed by atoms with Crippen LogP contribution in [0.5, 0.6) is 0 Å². The van der Waals surface area contributed by atoms with Gasteiger partial charge in [-0.2, -0.15) is 5.10 Å². The normalized spacial score (nSPS) is 24.3. The van der Waals surface area contributed by atoms with E-state index in [9.17, 15) is 4.79 Å². The minimum Gasteiger partial charge on any atom is -0.481 e. The Balaban J connectivity index is 1.94. The first-order valence-electron chi connectivity index (χ1n) is 5.95. The molecule has 0 aromatic carbocycles. The second-order valence-electron chi connectivity index (χ2n) is 4.60. The number of aromatic nitrogens is 2. The molecule has 92 valence electrons. The van der Waals surface area contributed by atoms with Crippen molar-refractivity contribution in [3.8, 4) is 0 Å². The zero-order valence-corrected chi connectivity index (χ0v) is 9.89. The molecule has 1 aromatic heterocycles. The van der Waals surface area contributed by atoms with E-state index < -0.39 is 5.97 Å². The minimum atomic E-state index is -0.688. The van der Waals surface area contributed by atoms with Crippen LogP contribution in [-0.4, -0.2) is 27.3 Å². The number of carbonyl (C=O) groups is 1. The van der Waals surface area contributed by atoms with Crippen LogP contribution < -0.4 is 5.32 Å². The summed E-state index contributed by atoms with van der Waals surface area (Å²) in [5.74, 6) is -0.183. The van der Waals surface area contributed by atoms with Crippen molar-refractivity contribution in [2.45, 2.75) is 38.6 Å². The van der Waals surface area contributed by atoms with Crippen LogP contribution in [0.15, 0.2) is 12.1 Å². The predicted molar refractivity (Wildman–Crippen MR) is 63.8 cm³/mol. The number of hydrogen-bond acceptors (Lipinski definition) is 4. The fraction of sp³-hybridized carbons (Fsp3) is 0.583. The molecule has 1 heterocycles. The largest absolute Gasteiger partial charge is 0.481 e. The first-order chi connectivity index (χ1) is 8.15. The SMILES string of the molecule is Cc1ccc(NC2CCCC(C(=O)O)C2)nn1. The lowest BCUT2D eigenvalue weighted by atomic mass is 9.86. The molecule has 2 unspecified atom stereocenters. The number of nitrogens with zero attached hydrogens (tertiary/aromatic N) is 2. The van der Waals surface area contributed by atoms with E-state index in [1.54, 1.807) is 0 Å². The molecule has 0 amide bonds. The molecule has 0 bridgehead atoms. The zero-order valence-electron chi connectivity index (χ0n) is 9.89. The maximum absolute atomic E-state index is 10.9. The number of nitrogens with one attached hydrogen (secondary N) is 1. The van der Waals surface area contributed by atoms with E-state index in [0.717, 1.165) is 30.8 Å². The fourth-order valence-electron chi connectivity index (χ4n) is 2.23. The molecule has 5 heteroatoms. The van der Waals surface area contributed by atoms with E-state index in [4.69, 9.17) is 5.11 Å². The highest BCUT2D eigenvalue weighted by molar-refractivity contribution is 5.70. The van der Waals surface area contributed by atoms with Crippen LogP contribution in [0.25, 0.3) is 0 Å². The van der Waals surface area contributed by atoms with Gasteiger partial charge in [0, 0.05) is 6.04 Å². The third-order valence-corrected chi connectivity index (χ3v) is 3.17. The molecule has 0 aliphatic heterocycles. The third kappa shape index (κ3) is 3.15. The number of aliphatic carboxylic acids is 1. The molecular weight excluding hydrogens is 218 g/mol. The van der Waals surface area contributed by atoms with E-state index in [0.29, 0.717) is 6.42 Å². The molecule has 2 atom stereocenters. The fourth-order valence-corrected chi connectivity index (χ4v) is 2.23. The smallest absolute Gasteiger partial charge is 0.306 e. The van der Waals surface area contributed by atoms with Crippen molar-refractivity contribution in [2.75, 3.05) is 5.32 Å². The van der Waals surface area contributed by atoms with Crippen molar-refractivity contribution in [1.29, 1.82) is 0 Å². The summed E-state index contributed by atoms with van der Waals surface area (Å²) >= 11 is 0. The molecule has 2 N–H and O–H groups in total. The topological polar surface area (TPSA) is 75.1 Å². The molecule has 5 nitrogen and oxygen atoms in total. The summed E-state index contributed by atoms with van der Waals surface area (Å²) in [6, 6.07) is 3.97. The van der Waals surface area contributed by atoms with Crippen molar-refractivity contribution in [3.05, 3.63) is 17.8 Å². The summed E-state index contributed by atoms with van der Waals surface area (Å²) in [5.41, 5.74) is 0.877. The zero-order chi connectivity index (χ0) is 12.3. The molecule has 1 aromatic rings. The first kappa shape index (κ1) is 11.8. The lowest BCUT2D eigenvalue weighted by Gasteiger charge is -2.27. The van der Waals surface area contributed by atoms with Gasteiger partial charge in [-0.1, -0.05) is 6.42 Å². The van der Waals surface area contributed by atoms with Crippen molar-refractivity contribution in [3.63, 3.8) is 0 Å². The maximum atomic E-state index is 10.9. The van der Waals surface area contributed by atoms with Gasteiger partial charge in [-0.15, -0.1) is 5.10 Å². The van der Waals surface area contributed by atoms with Crippen LogP contribution in [0.2, 0.25) is 0 Å². The molecule has 0 saturated heterocycles. The van der Waals surface area contributed by atoms with E-state index in [-0.39, 0.29) is 12.0 Å². The van der Waals surface area contributed by atoms with Crippen LogP contribution >= 0.6 is 0 Å². The second kappa shape index (κ2) is 5.12. The Morgan fingerprint density at radius 1 is 1.41 bits per heavy atom. The Hall–Kier alpha value is -1.65. The third-order valence-electron chi connectivity index (χ3n) is 3.17. The van der Waals surface area contributed by atoms with Crippen molar-refractivity contribution >= 4 is 11.8 Å². The Kier molecular flexibility index (Phi) is 3.56. The Bertz CT molecular complexity index is 391. The Morgan fingerprint density at radius 2 is 2.24 bits per heavy atom. The van der Waals surface area contributed by atoms with Gasteiger partial charge in [-0.05, 0) is 38.3 Å². The molecule has 1 aliphatic carbocycles. The summed E-state index contributed by atoms with van der Waals surface area (Å²) in [6.07, 6.45) is 3.41. The predicted octanol–water partition coefficient (Wildman–Crippen LogP) is 1.84. The lowest BCUT2D eigenvalue weighted by molar-refractivity contribution is -0.142. The molecule has 1 saturated carbocycles. The standard InChI is InChI=1S/C12H17N3O2/c1-8-5-6-11(15-14-8)13-10-4-2-3-9(7-10)12(16)17/h5-6,9-10H,2-4,7H2,1H3,(H,13,15)(H,16,17). The second-order valence-corrected chi connectivity index (χ2v) is 4.60. The molecule has 1 aliphatic rings. The Labute approximate surface area is 100 Å². The van der Waals surface area contributed by atoms with Gasteiger partial charge >= 0.3 is 5.97 Å². The molecular formula is C12H17N3O2. The highest BCUT2D eigenvalue weighted by Crippen LogP contribution is 2.26. The van der Waals surface area contributed by atoms with E-state index in [1.165, 1.54) is 0 Å². The van der Waals surface area contributed by atoms with Gasteiger partial charge in [-0.25, -0.2) is 0 Å². The summed E-state index contributed by atoms with van der Waals surface area (Å²) in [4.78, 5) is 10.9. The van der Waals surface area contributed by atoms with Crippen LogP contribution in [-0.2, 0) is 4.79 Å². The van der Waals surface area contributed by atoms with Gasteiger partial charge in [0.1, 0.15) is 5.82 Å². The van der Waals surface area contributed by atoms with Crippen molar-refractivity contribution in [2.24, 2.45) is 5.92 Å². The molecule has 0 radical (unpaired) electrons. The summed E-state index contributed by atoms with van der Waals surface area (Å²) < 4.78 is 0. The van der Waals surface area contributed by atoms with E-state index >= 15 is 0 Å². The average molecular weight is 235 g/mol. The van der Waals surface area contributed by atoms with Crippen LogP contribution in [0, 0.1) is 12.8 Å². The number of carboxylic acid groups (broad SMARTS) is 1. The van der Waals surface area contributed by atoms with Crippen molar-refractivity contribution < 1.29 is 9.90 Å². The summed E-state index contributed by atoms with van der Waals surface area (Å²) in [5, 5.41) is 20.3. The maximum Gasteiger partial charge on any atom is 0.306 e. The summed E-state index contributed by atoms with van der Waals surface area (Å²) in [7, 11) is 0. The lowest BCUT2D eigenvalue weighted by Crippen LogP contribution is -2.31. The molecule has 1 fully saturated rings. The number of rotatable bonds is 3. The number of carboxylic acids is 1. The number of hydrogen-bond donors (Lipinski definition) is 2. The Morgan fingerprint density at radius 3 is 2.88 bits per heavy atom. The van der Waals surface area contributed by atoms with Gasteiger partial charge in [0.2, 0.25) is 0 Å². The van der Waals surface area contributed by atoms with Gasteiger partial charge in [0.25, 0.3) is 0 Å². The van der Waals surface area contributed by atoms with E-state index in [1.807, 2.05) is 19.1 Å². The van der Waals surface area contributed by atoms with Crippen LogP contribution in [0.1, 0.15) is 31.4 Å². The molecule has 0 spiro atoms. The van der Waals surface area contributed by atoms with Gasteiger partial charge in [0.05, 0.1) is 11.6 Å². The number of aryl methyl sites for hydroxylation is 1. The van der Waals surface area contributed by atoms with Crippen LogP contribution in [0.3, 0.4) is 0 Å². The van der Waals surface area contributed by atoms with Crippen molar-refractivity contribution in [1.82, 2.24) is 10.2 Å². The molecule has 17 heavy (non-hydrogen) atoms. The van der Waals surface area contributed by atoms with Gasteiger partial charge in [0.15, 0.2) is 0 Å². The highest BCUT2D eigenvalue weighted by atomic mass is 16.4.